The van der Waals surface area contributed by atoms with Crippen molar-refractivity contribution in [1.29, 1.82) is 0 Å². The molecule has 5 rings (SSSR count). The van der Waals surface area contributed by atoms with E-state index in [0.717, 1.165) is 75.7 Å². The fourth-order valence-corrected chi connectivity index (χ4v) is 4.37. The van der Waals surface area contributed by atoms with Gasteiger partial charge in [-0.25, -0.2) is 4.98 Å². The van der Waals surface area contributed by atoms with Gasteiger partial charge in [-0.2, -0.15) is 5.10 Å². The summed E-state index contributed by atoms with van der Waals surface area (Å²) >= 11 is 0. The van der Waals surface area contributed by atoms with Crippen molar-refractivity contribution in [1.82, 2.24) is 19.7 Å². The first-order valence-electron chi connectivity index (χ1n) is 10.0. The van der Waals surface area contributed by atoms with Crippen LogP contribution in [0.1, 0.15) is 45.7 Å². The Kier molecular flexibility index (Phi) is 4.08. The number of benzene rings is 1. The molecule has 0 spiro atoms. The number of aryl methyl sites for hydroxylation is 4. The fourth-order valence-electron chi connectivity index (χ4n) is 4.37. The average molecular weight is 385 g/mol. The Bertz CT molecular complexity index is 1290. The van der Waals surface area contributed by atoms with Crippen LogP contribution in [0.25, 0.3) is 21.9 Å². The van der Waals surface area contributed by atoms with E-state index in [9.17, 15) is 4.79 Å². The Morgan fingerprint density at radius 2 is 1.93 bits per heavy atom. The summed E-state index contributed by atoms with van der Waals surface area (Å²) in [6, 6.07) is 8.08. The lowest BCUT2D eigenvalue weighted by Gasteiger charge is -2.20. The van der Waals surface area contributed by atoms with E-state index in [0.29, 0.717) is 5.69 Å². The van der Waals surface area contributed by atoms with Crippen LogP contribution in [0.2, 0.25) is 0 Å². The number of amides is 1. The number of rotatable bonds is 2. The van der Waals surface area contributed by atoms with E-state index in [1.807, 2.05) is 33.0 Å². The molecular weight excluding hydrogens is 362 g/mol. The number of fused-ring (bicyclic) bond motifs is 3. The van der Waals surface area contributed by atoms with Crippen LogP contribution in [-0.2, 0) is 19.9 Å². The standard InChI is InChI=1S/C23H23N5O/c1-13-8-9-20-18(10-13)21(16-6-4-5-7-19(16)26-20)23(29)25-15-11-17-14(2)27-28(3)22(17)24-12-15/h8-12H,4-7H2,1-3H3,(H,25,29). The molecule has 1 amide bonds. The minimum Gasteiger partial charge on any atom is -0.321 e. The lowest BCUT2D eigenvalue weighted by molar-refractivity contribution is 0.102. The van der Waals surface area contributed by atoms with Crippen molar-refractivity contribution in [3.63, 3.8) is 0 Å². The summed E-state index contributed by atoms with van der Waals surface area (Å²) in [7, 11) is 1.87. The van der Waals surface area contributed by atoms with Crippen molar-refractivity contribution in [2.75, 3.05) is 5.32 Å². The highest BCUT2D eigenvalue weighted by molar-refractivity contribution is 6.14. The molecule has 6 nitrogen and oxygen atoms in total. The molecule has 146 valence electrons. The first-order valence-corrected chi connectivity index (χ1v) is 10.0. The Morgan fingerprint density at radius 1 is 1.10 bits per heavy atom. The third kappa shape index (κ3) is 2.95. The van der Waals surface area contributed by atoms with E-state index in [1.165, 1.54) is 0 Å². The Hall–Kier alpha value is -3.28. The van der Waals surface area contributed by atoms with Crippen molar-refractivity contribution in [3.05, 3.63) is 58.5 Å². The Morgan fingerprint density at radius 3 is 2.79 bits per heavy atom. The summed E-state index contributed by atoms with van der Waals surface area (Å²) in [6.07, 6.45) is 5.74. The van der Waals surface area contributed by atoms with E-state index < -0.39 is 0 Å². The van der Waals surface area contributed by atoms with Gasteiger partial charge in [-0.05, 0) is 63.3 Å². The van der Waals surface area contributed by atoms with Gasteiger partial charge in [0.25, 0.3) is 5.91 Å². The summed E-state index contributed by atoms with van der Waals surface area (Å²) < 4.78 is 1.76. The highest BCUT2D eigenvalue weighted by Crippen LogP contribution is 2.31. The fraction of sp³-hybridized carbons (Fsp3) is 0.304. The van der Waals surface area contributed by atoms with Gasteiger partial charge in [-0.1, -0.05) is 11.6 Å². The molecule has 0 bridgehead atoms. The van der Waals surface area contributed by atoms with E-state index in [-0.39, 0.29) is 5.91 Å². The maximum Gasteiger partial charge on any atom is 0.256 e. The molecule has 0 saturated heterocycles. The second-order valence-electron chi connectivity index (χ2n) is 7.90. The lowest BCUT2D eigenvalue weighted by atomic mass is 9.89. The van der Waals surface area contributed by atoms with Crippen molar-refractivity contribution in [2.24, 2.45) is 7.05 Å². The summed E-state index contributed by atoms with van der Waals surface area (Å²) in [5.74, 6) is -0.0937. The SMILES string of the molecule is Cc1ccc2nc3c(c(C(=O)Nc4cnc5c(c4)c(C)nn5C)c2c1)CCCC3. The van der Waals surface area contributed by atoms with Gasteiger partial charge in [0, 0.05) is 23.5 Å². The molecule has 6 heteroatoms. The summed E-state index contributed by atoms with van der Waals surface area (Å²) in [5.41, 5.74) is 7.32. The van der Waals surface area contributed by atoms with Crippen molar-refractivity contribution < 1.29 is 4.79 Å². The first-order chi connectivity index (χ1) is 14.0. The van der Waals surface area contributed by atoms with Crippen LogP contribution in [-0.4, -0.2) is 25.7 Å². The molecule has 1 N–H and O–H groups in total. The van der Waals surface area contributed by atoms with E-state index in [2.05, 4.69) is 27.5 Å². The summed E-state index contributed by atoms with van der Waals surface area (Å²) in [5, 5.41) is 9.37. The monoisotopic (exact) mass is 385 g/mol. The van der Waals surface area contributed by atoms with Crippen LogP contribution >= 0.6 is 0 Å². The molecule has 29 heavy (non-hydrogen) atoms. The highest BCUT2D eigenvalue weighted by atomic mass is 16.1. The van der Waals surface area contributed by atoms with Gasteiger partial charge in [0.1, 0.15) is 0 Å². The molecule has 3 aromatic heterocycles. The molecule has 0 atom stereocenters. The number of nitrogens with one attached hydrogen (secondary N) is 1. The molecule has 1 aliphatic rings. The molecule has 1 aliphatic carbocycles. The molecule has 0 fully saturated rings. The van der Waals surface area contributed by atoms with E-state index in [1.54, 1.807) is 10.9 Å². The first kappa shape index (κ1) is 17.8. The number of carbonyl (C=O) groups excluding carboxylic acids is 1. The molecular formula is C23H23N5O. The van der Waals surface area contributed by atoms with Crippen LogP contribution in [0, 0.1) is 13.8 Å². The van der Waals surface area contributed by atoms with Crippen molar-refractivity contribution in [2.45, 2.75) is 39.5 Å². The highest BCUT2D eigenvalue weighted by Gasteiger charge is 2.23. The molecule has 1 aromatic carbocycles. The van der Waals surface area contributed by atoms with Crippen LogP contribution < -0.4 is 5.32 Å². The number of nitrogens with zero attached hydrogens (tertiary/aromatic N) is 4. The minimum atomic E-state index is -0.0937. The van der Waals surface area contributed by atoms with Gasteiger partial charge in [-0.15, -0.1) is 0 Å². The molecule has 0 unspecified atom stereocenters. The van der Waals surface area contributed by atoms with Gasteiger partial charge in [0.05, 0.1) is 28.7 Å². The van der Waals surface area contributed by atoms with Gasteiger partial charge in [0.2, 0.25) is 0 Å². The number of anilines is 1. The zero-order chi connectivity index (χ0) is 20.1. The van der Waals surface area contributed by atoms with Crippen molar-refractivity contribution in [3.8, 4) is 0 Å². The number of aromatic nitrogens is 4. The number of hydrogen-bond acceptors (Lipinski definition) is 4. The van der Waals surface area contributed by atoms with Crippen LogP contribution in [0.15, 0.2) is 30.5 Å². The number of pyridine rings is 2. The smallest absolute Gasteiger partial charge is 0.256 e. The lowest BCUT2D eigenvalue weighted by Crippen LogP contribution is -2.19. The predicted molar refractivity (Wildman–Crippen MR) is 114 cm³/mol. The van der Waals surface area contributed by atoms with Crippen LogP contribution in [0.4, 0.5) is 5.69 Å². The summed E-state index contributed by atoms with van der Waals surface area (Å²) in [6.45, 7) is 3.99. The molecule has 0 saturated carbocycles. The zero-order valence-corrected chi connectivity index (χ0v) is 16.9. The minimum absolute atomic E-state index is 0.0937. The van der Waals surface area contributed by atoms with Crippen molar-refractivity contribution >= 4 is 33.5 Å². The molecule has 3 heterocycles. The Labute approximate surface area is 169 Å². The van der Waals surface area contributed by atoms with E-state index in [4.69, 9.17) is 4.98 Å². The second-order valence-corrected chi connectivity index (χ2v) is 7.90. The van der Waals surface area contributed by atoms with Gasteiger partial charge < -0.3 is 5.32 Å². The van der Waals surface area contributed by atoms with Crippen LogP contribution in [0.5, 0.6) is 0 Å². The van der Waals surface area contributed by atoms with Crippen LogP contribution in [0.3, 0.4) is 0 Å². The maximum absolute atomic E-state index is 13.5. The number of hydrogen-bond donors (Lipinski definition) is 1. The van der Waals surface area contributed by atoms with Gasteiger partial charge in [0.15, 0.2) is 5.65 Å². The third-order valence-electron chi connectivity index (χ3n) is 5.77. The second kappa shape index (κ2) is 6.65. The predicted octanol–water partition coefficient (Wildman–Crippen LogP) is 4.26. The topological polar surface area (TPSA) is 72.7 Å². The average Bonchev–Trinajstić information content (AvgIpc) is 2.99. The van der Waals surface area contributed by atoms with Gasteiger partial charge >= 0.3 is 0 Å². The summed E-state index contributed by atoms with van der Waals surface area (Å²) in [4.78, 5) is 22.8. The number of carbonyl (C=O) groups is 1. The Balaban J connectivity index is 1.62. The quantitative estimate of drug-likeness (QED) is 0.559. The maximum atomic E-state index is 13.5. The normalized spacial score (nSPS) is 13.6. The molecule has 0 aliphatic heterocycles. The molecule has 4 aromatic rings. The third-order valence-corrected chi connectivity index (χ3v) is 5.77. The van der Waals surface area contributed by atoms with E-state index >= 15 is 0 Å². The van der Waals surface area contributed by atoms with Gasteiger partial charge in [-0.3, -0.25) is 14.5 Å². The molecule has 0 radical (unpaired) electrons. The zero-order valence-electron chi connectivity index (χ0n) is 16.9. The largest absolute Gasteiger partial charge is 0.321 e.